The molecule has 3 aromatic rings. The SMILES string of the molecule is Cc1nc(-c2c(C)c(C)nn(C)c2=O)sc1C(=O)NCCC(=O)N1CCN(c2ccccc2)CC1. The molecule has 0 saturated carbocycles. The molecule has 1 aliphatic heterocycles. The molecule has 2 amide bonds. The van der Waals surface area contributed by atoms with Crippen LogP contribution >= 0.6 is 11.3 Å². The maximum Gasteiger partial charge on any atom is 0.277 e. The summed E-state index contributed by atoms with van der Waals surface area (Å²) in [6.07, 6.45) is 0.241. The van der Waals surface area contributed by atoms with Crippen molar-refractivity contribution in [2.24, 2.45) is 7.05 Å². The second-order valence-corrected chi connectivity index (χ2v) is 9.66. The van der Waals surface area contributed by atoms with Crippen molar-refractivity contribution in [2.45, 2.75) is 27.2 Å². The number of aromatic nitrogens is 3. The van der Waals surface area contributed by atoms with E-state index in [1.807, 2.05) is 36.9 Å². The number of carbonyl (C=O) groups excluding carboxylic acids is 2. The third-order valence-electron chi connectivity index (χ3n) is 6.32. The molecule has 1 aliphatic rings. The van der Waals surface area contributed by atoms with Gasteiger partial charge in [-0.2, -0.15) is 5.10 Å². The van der Waals surface area contributed by atoms with E-state index >= 15 is 0 Å². The molecule has 1 fully saturated rings. The van der Waals surface area contributed by atoms with Gasteiger partial charge in [-0.05, 0) is 38.5 Å². The number of nitrogens with one attached hydrogen (secondary N) is 1. The molecule has 0 spiro atoms. The van der Waals surface area contributed by atoms with Crippen molar-refractivity contribution < 1.29 is 9.59 Å². The first kappa shape index (κ1) is 24.6. The van der Waals surface area contributed by atoms with Gasteiger partial charge in [-0.25, -0.2) is 9.67 Å². The van der Waals surface area contributed by atoms with Gasteiger partial charge in [0.1, 0.15) is 9.88 Å². The van der Waals surface area contributed by atoms with Gasteiger partial charge < -0.3 is 15.1 Å². The summed E-state index contributed by atoms with van der Waals surface area (Å²) in [5.74, 6) is -0.251. The van der Waals surface area contributed by atoms with E-state index in [4.69, 9.17) is 0 Å². The Morgan fingerprint density at radius 1 is 1.03 bits per heavy atom. The molecule has 0 aliphatic carbocycles. The molecule has 4 rings (SSSR count). The number of thiazole rings is 1. The fourth-order valence-electron chi connectivity index (χ4n) is 4.19. The Bertz CT molecular complexity index is 1290. The monoisotopic (exact) mass is 494 g/mol. The van der Waals surface area contributed by atoms with Crippen LogP contribution in [0.1, 0.15) is 33.0 Å². The van der Waals surface area contributed by atoms with E-state index in [0.29, 0.717) is 34.2 Å². The van der Waals surface area contributed by atoms with Crippen molar-refractivity contribution in [2.75, 3.05) is 37.6 Å². The van der Waals surface area contributed by atoms with Crippen molar-refractivity contribution in [1.82, 2.24) is 25.0 Å². The van der Waals surface area contributed by atoms with Crippen LogP contribution < -0.4 is 15.8 Å². The Morgan fingerprint density at radius 2 is 1.71 bits per heavy atom. The van der Waals surface area contributed by atoms with Gasteiger partial charge in [0.05, 0.1) is 17.0 Å². The second kappa shape index (κ2) is 10.4. The van der Waals surface area contributed by atoms with Crippen molar-refractivity contribution in [1.29, 1.82) is 0 Å². The molecule has 184 valence electrons. The van der Waals surface area contributed by atoms with Crippen molar-refractivity contribution >= 4 is 28.8 Å². The molecular weight excluding hydrogens is 464 g/mol. The molecule has 3 heterocycles. The summed E-state index contributed by atoms with van der Waals surface area (Å²) in [5, 5.41) is 7.54. The van der Waals surface area contributed by atoms with E-state index in [1.165, 1.54) is 21.7 Å². The Hall–Kier alpha value is -3.53. The molecule has 35 heavy (non-hydrogen) atoms. The van der Waals surface area contributed by atoms with E-state index in [9.17, 15) is 14.4 Å². The minimum atomic E-state index is -0.284. The van der Waals surface area contributed by atoms with Crippen LogP contribution in [0, 0.1) is 20.8 Å². The predicted octanol–water partition coefficient (Wildman–Crippen LogP) is 2.30. The van der Waals surface area contributed by atoms with Gasteiger partial charge in [-0.3, -0.25) is 14.4 Å². The Balaban J connectivity index is 1.33. The summed E-state index contributed by atoms with van der Waals surface area (Å²) in [7, 11) is 1.60. The largest absolute Gasteiger partial charge is 0.368 e. The standard InChI is InChI=1S/C25H30N6O3S/c1-16-17(2)28-29(4)25(34)21(16)24-27-18(3)22(35-24)23(33)26-11-10-20(32)31-14-12-30(13-15-31)19-8-6-5-7-9-19/h5-9H,10-15H2,1-4H3,(H,26,33). The van der Waals surface area contributed by atoms with Crippen molar-refractivity contribution in [3.8, 4) is 10.6 Å². The third kappa shape index (κ3) is 5.27. The molecular formula is C25H30N6O3S. The highest BCUT2D eigenvalue weighted by atomic mass is 32.1. The predicted molar refractivity (Wildman–Crippen MR) is 137 cm³/mol. The highest BCUT2D eigenvalue weighted by molar-refractivity contribution is 7.17. The Kier molecular flexibility index (Phi) is 7.30. The van der Waals surface area contributed by atoms with Gasteiger partial charge in [0.2, 0.25) is 5.91 Å². The zero-order valence-electron chi connectivity index (χ0n) is 20.5. The molecule has 1 N–H and O–H groups in total. The number of para-hydroxylation sites is 1. The Morgan fingerprint density at radius 3 is 2.40 bits per heavy atom. The highest BCUT2D eigenvalue weighted by Gasteiger charge is 2.23. The number of carbonyl (C=O) groups is 2. The lowest BCUT2D eigenvalue weighted by Crippen LogP contribution is -2.49. The number of hydrogen-bond donors (Lipinski definition) is 1. The average Bonchev–Trinajstić information content (AvgIpc) is 3.24. The molecule has 0 atom stereocenters. The molecule has 1 saturated heterocycles. The number of rotatable bonds is 6. The minimum Gasteiger partial charge on any atom is -0.368 e. The van der Waals surface area contributed by atoms with Crippen LogP contribution in [0.4, 0.5) is 5.69 Å². The van der Waals surface area contributed by atoms with Gasteiger partial charge in [0.25, 0.3) is 11.5 Å². The van der Waals surface area contributed by atoms with Crippen LogP contribution in [0.5, 0.6) is 0 Å². The minimum absolute atomic E-state index is 0.0334. The van der Waals surface area contributed by atoms with Crippen molar-refractivity contribution in [3.05, 3.63) is 62.5 Å². The normalized spacial score (nSPS) is 13.7. The smallest absolute Gasteiger partial charge is 0.277 e. The number of anilines is 1. The summed E-state index contributed by atoms with van der Waals surface area (Å²) in [5.41, 5.74) is 3.45. The molecule has 0 unspecified atom stereocenters. The van der Waals surface area contributed by atoms with Crippen LogP contribution in [0.3, 0.4) is 0 Å². The molecule has 9 nitrogen and oxygen atoms in total. The number of benzene rings is 1. The van der Waals surface area contributed by atoms with Crippen LogP contribution in [-0.4, -0.2) is 64.2 Å². The Labute approximate surface area is 208 Å². The molecule has 1 aromatic carbocycles. The van der Waals surface area contributed by atoms with Crippen LogP contribution in [0.15, 0.2) is 35.1 Å². The summed E-state index contributed by atoms with van der Waals surface area (Å²) in [6, 6.07) is 10.2. The fraction of sp³-hybridized carbons (Fsp3) is 0.400. The summed E-state index contributed by atoms with van der Waals surface area (Å²) in [6.45, 7) is 8.58. The van der Waals surface area contributed by atoms with Gasteiger partial charge in [-0.15, -0.1) is 11.3 Å². The second-order valence-electron chi connectivity index (χ2n) is 8.66. The highest BCUT2D eigenvalue weighted by Crippen LogP contribution is 2.28. The molecule has 0 bridgehead atoms. The molecule has 0 radical (unpaired) electrons. The third-order valence-corrected chi connectivity index (χ3v) is 7.49. The number of hydrogen-bond acceptors (Lipinski definition) is 7. The van der Waals surface area contributed by atoms with E-state index in [2.05, 4.69) is 32.4 Å². The lowest BCUT2D eigenvalue weighted by Gasteiger charge is -2.36. The maximum atomic E-state index is 12.8. The van der Waals surface area contributed by atoms with E-state index in [1.54, 1.807) is 14.0 Å². The molecule has 2 aromatic heterocycles. The van der Waals surface area contributed by atoms with Gasteiger partial charge in [0.15, 0.2) is 0 Å². The van der Waals surface area contributed by atoms with Gasteiger partial charge in [0, 0.05) is 51.9 Å². The summed E-state index contributed by atoms with van der Waals surface area (Å²) in [4.78, 5) is 47.2. The number of nitrogens with zero attached hydrogens (tertiary/aromatic N) is 5. The van der Waals surface area contributed by atoms with Crippen molar-refractivity contribution in [3.63, 3.8) is 0 Å². The van der Waals surface area contributed by atoms with E-state index in [-0.39, 0.29) is 30.3 Å². The van der Waals surface area contributed by atoms with E-state index in [0.717, 1.165) is 24.3 Å². The number of aryl methyl sites for hydroxylation is 3. The maximum absolute atomic E-state index is 12.8. The van der Waals surface area contributed by atoms with Crippen LogP contribution in [0.25, 0.3) is 10.6 Å². The first-order chi connectivity index (χ1) is 16.8. The number of amides is 2. The number of piperazine rings is 1. The van der Waals surface area contributed by atoms with Crippen LogP contribution in [0.2, 0.25) is 0 Å². The summed E-state index contributed by atoms with van der Waals surface area (Å²) >= 11 is 1.19. The topological polar surface area (TPSA) is 100 Å². The summed E-state index contributed by atoms with van der Waals surface area (Å²) < 4.78 is 1.29. The average molecular weight is 495 g/mol. The zero-order valence-corrected chi connectivity index (χ0v) is 21.3. The fourth-order valence-corrected chi connectivity index (χ4v) is 5.27. The quantitative estimate of drug-likeness (QED) is 0.564. The van der Waals surface area contributed by atoms with E-state index < -0.39 is 0 Å². The lowest BCUT2D eigenvalue weighted by molar-refractivity contribution is -0.131. The van der Waals surface area contributed by atoms with Gasteiger partial charge in [-0.1, -0.05) is 18.2 Å². The lowest BCUT2D eigenvalue weighted by atomic mass is 10.1. The molecule has 10 heteroatoms. The first-order valence-corrected chi connectivity index (χ1v) is 12.5. The first-order valence-electron chi connectivity index (χ1n) is 11.6. The zero-order chi connectivity index (χ0) is 25.1. The van der Waals surface area contributed by atoms with Gasteiger partial charge >= 0.3 is 0 Å². The van der Waals surface area contributed by atoms with Crippen LogP contribution in [-0.2, 0) is 11.8 Å².